The minimum absolute atomic E-state index is 1.16. The maximum atomic E-state index is 2.50. The fourth-order valence-electron chi connectivity index (χ4n) is 11.1. The molecule has 2 heteroatoms. The second-order valence-electron chi connectivity index (χ2n) is 17.2. The van der Waals surface area contributed by atoms with Gasteiger partial charge in [0, 0.05) is 38.2 Å². The Hall–Kier alpha value is -8.46. The Bertz CT molecular complexity index is 4040. The van der Waals surface area contributed by atoms with Crippen LogP contribution in [0.2, 0.25) is 0 Å². The topological polar surface area (TPSA) is 9.86 Å². The number of rotatable bonds is 5. The van der Waals surface area contributed by atoms with E-state index < -0.39 is 0 Å². The molecular weight excluding hydrogens is 773 g/mol. The van der Waals surface area contributed by atoms with Gasteiger partial charge >= 0.3 is 0 Å². The van der Waals surface area contributed by atoms with Crippen molar-refractivity contribution >= 4 is 65.2 Å². The normalized spacial score (nSPS) is 12.1. The quantitative estimate of drug-likeness (QED) is 0.164. The minimum atomic E-state index is 1.16. The van der Waals surface area contributed by atoms with Gasteiger partial charge in [-0.15, -0.1) is 0 Å². The highest BCUT2D eigenvalue weighted by atomic mass is 15.0. The van der Waals surface area contributed by atoms with E-state index >= 15 is 0 Å². The first-order valence-electron chi connectivity index (χ1n) is 22.2. The number of fused-ring (bicyclic) bond motifs is 11. The van der Waals surface area contributed by atoms with Gasteiger partial charge in [-0.25, -0.2) is 0 Å². The number of aromatic nitrogens is 2. The Morgan fingerprint density at radius 2 is 0.750 bits per heavy atom. The number of hydrogen-bond acceptors (Lipinski definition) is 0. The summed E-state index contributed by atoms with van der Waals surface area (Å²) in [5.41, 5.74) is 19.6. The highest BCUT2D eigenvalue weighted by Crippen LogP contribution is 2.50. The number of para-hydroxylation sites is 3. The van der Waals surface area contributed by atoms with Crippen LogP contribution in [0.4, 0.5) is 0 Å². The molecule has 0 amide bonds. The number of benzene rings is 11. The molecule has 0 fully saturated rings. The molecular formula is C62H38N2. The molecule has 296 valence electrons. The van der Waals surface area contributed by atoms with Crippen LogP contribution in [0.15, 0.2) is 231 Å². The van der Waals surface area contributed by atoms with E-state index in [1.54, 1.807) is 0 Å². The summed E-state index contributed by atoms with van der Waals surface area (Å²) in [5, 5.41) is 10.1. The van der Waals surface area contributed by atoms with Crippen molar-refractivity contribution in [2.24, 2.45) is 0 Å². The van der Waals surface area contributed by atoms with Gasteiger partial charge in [0.25, 0.3) is 0 Å². The fourth-order valence-corrected chi connectivity index (χ4v) is 11.1. The van der Waals surface area contributed by atoms with Crippen molar-refractivity contribution in [3.8, 4) is 67.0 Å². The van der Waals surface area contributed by atoms with E-state index in [0.717, 1.165) is 11.4 Å². The zero-order valence-electron chi connectivity index (χ0n) is 34.8. The number of nitrogens with zero attached hydrogens (tertiary/aromatic N) is 2. The van der Waals surface area contributed by atoms with Crippen LogP contribution in [0.3, 0.4) is 0 Å². The Labute approximate surface area is 370 Å². The van der Waals surface area contributed by atoms with Crippen LogP contribution < -0.4 is 0 Å². The number of hydrogen-bond donors (Lipinski definition) is 0. The van der Waals surface area contributed by atoms with Gasteiger partial charge in [-0.05, 0) is 103 Å². The van der Waals surface area contributed by atoms with Crippen molar-refractivity contribution in [3.63, 3.8) is 0 Å². The lowest BCUT2D eigenvalue weighted by Gasteiger charge is -2.18. The van der Waals surface area contributed by atoms with Gasteiger partial charge in [0.05, 0.1) is 27.8 Å². The zero-order chi connectivity index (χ0) is 41.9. The third-order valence-electron chi connectivity index (χ3n) is 13.9. The maximum Gasteiger partial charge on any atom is 0.0619 e. The van der Waals surface area contributed by atoms with E-state index in [2.05, 4.69) is 240 Å². The molecule has 0 atom stereocenters. The van der Waals surface area contributed by atoms with Gasteiger partial charge < -0.3 is 9.13 Å². The third kappa shape index (κ3) is 4.96. The average molecular weight is 811 g/mol. The molecule has 0 aliphatic heterocycles. The van der Waals surface area contributed by atoms with Crippen LogP contribution in [0.5, 0.6) is 0 Å². The van der Waals surface area contributed by atoms with Gasteiger partial charge in [0.15, 0.2) is 0 Å². The largest absolute Gasteiger partial charge is 0.309 e. The van der Waals surface area contributed by atoms with Crippen LogP contribution in [0, 0.1) is 0 Å². The molecule has 0 N–H and O–H groups in total. The molecule has 2 heterocycles. The molecule has 0 unspecified atom stereocenters. The first-order valence-corrected chi connectivity index (χ1v) is 22.2. The second kappa shape index (κ2) is 13.5. The highest BCUT2D eigenvalue weighted by Gasteiger charge is 2.24. The van der Waals surface area contributed by atoms with E-state index in [-0.39, 0.29) is 0 Å². The van der Waals surface area contributed by atoms with Crippen LogP contribution in [0.25, 0.3) is 132 Å². The molecule has 0 bridgehead atoms. The smallest absolute Gasteiger partial charge is 0.0619 e. The van der Waals surface area contributed by atoms with Gasteiger partial charge in [-0.2, -0.15) is 0 Å². The first-order chi connectivity index (χ1) is 31.8. The van der Waals surface area contributed by atoms with Gasteiger partial charge in [-0.1, -0.05) is 194 Å². The Balaban J connectivity index is 0.976. The fraction of sp³-hybridized carbons (Fsp3) is 0. The maximum absolute atomic E-state index is 2.50. The van der Waals surface area contributed by atoms with Crippen LogP contribution >= 0.6 is 0 Å². The molecule has 13 aromatic rings. The van der Waals surface area contributed by atoms with Crippen LogP contribution in [-0.2, 0) is 0 Å². The zero-order valence-corrected chi connectivity index (χ0v) is 34.8. The molecule has 0 saturated heterocycles. The van der Waals surface area contributed by atoms with Crippen molar-refractivity contribution in [2.45, 2.75) is 0 Å². The van der Waals surface area contributed by atoms with Crippen molar-refractivity contribution < 1.29 is 0 Å². The second-order valence-corrected chi connectivity index (χ2v) is 17.2. The minimum Gasteiger partial charge on any atom is -0.309 e. The average Bonchev–Trinajstić information content (AvgIpc) is 4.00. The van der Waals surface area contributed by atoms with Crippen molar-refractivity contribution in [3.05, 3.63) is 231 Å². The summed E-state index contributed by atoms with van der Waals surface area (Å²) in [6.45, 7) is 0. The molecule has 1 aliphatic carbocycles. The Morgan fingerprint density at radius 1 is 0.250 bits per heavy atom. The molecule has 2 nitrogen and oxygen atoms in total. The van der Waals surface area contributed by atoms with E-state index in [1.807, 2.05) is 0 Å². The highest BCUT2D eigenvalue weighted by molar-refractivity contribution is 6.21. The third-order valence-corrected chi connectivity index (χ3v) is 13.9. The van der Waals surface area contributed by atoms with Crippen molar-refractivity contribution in [1.82, 2.24) is 9.13 Å². The van der Waals surface area contributed by atoms with Crippen LogP contribution in [-0.4, -0.2) is 9.13 Å². The summed E-state index contributed by atoms with van der Waals surface area (Å²) in [4.78, 5) is 0. The van der Waals surface area contributed by atoms with E-state index in [0.29, 0.717) is 0 Å². The summed E-state index contributed by atoms with van der Waals surface area (Å²) in [6, 6.07) is 85.3. The van der Waals surface area contributed by atoms with E-state index in [1.165, 1.54) is 121 Å². The van der Waals surface area contributed by atoms with Gasteiger partial charge in [-0.3, -0.25) is 0 Å². The van der Waals surface area contributed by atoms with E-state index in [9.17, 15) is 0 Å². The lowest BCUT2D eigenvalue weighted by atomic mass is 9.89. The summed E-state index contributed by atoms with van der Waals surface area (Å²) >= 11 is 0. The molecule has 1 aliphatic rings. The molecule has 64 heavy (non-hydrogen) atoms. The summed E-state index contributed by atoms with van der Waals surface area (Å²) in [7, 11) is 0. The van der Waals surface area contributed by atoms with Gasteiger partial charge in [0.1, 0.15) is 0 Å². The van der Waals surface area contributed by atoms with E-state index in [4.69, 9.17) is 0 Å². The summed E-state index contributed by atoms with van der Waals surface area (Å²) in [6.07, 6.45) is 0. The standard InChI is InChI=1S/C62H38N2/c1-2-16-42(17-3-1)63-59-37-40(31-33-52(59)56-34-29-39-15-4-5-18-43(39)62(56)63)41-30-32-51-50-24-11-13-28-58(50)64(60(51)38-41)57-27-12-10-23-49(57)45-20-7-6-19-44(45)48-35-36-55-47-22-9-8-21-46(47)53-25-14-26-54(48)61(53)55/h1-38H. The molecule has 14 rings (SSSR count). The summed E-state index contributed by atoms with van der Waals surface area (Å²) < 4.78 is 4.95. The lowest BCUT2D eigenvalue weighted by Crippen LogP contribution is -1.98. The Kier molecular flexibility index (Phi) is 7.43. The van der Waals surface area contributed by atoms with Crippen molar-refractivity contribution in [2.75, 3.05) is 0 Å². The summed E-state index contributed by atoms with van der Waals surface area (Å²) in [5.74, 6) is 0. The van der Waals surface area contributed by atoms with Gasteiger partial charge in [0.2, 0.25) is 0 Å². The molecule has 0 radical (unpaired) electrons. The Morgan fingerprint density at radius 3 is 1.52 bits per heavy atom. The monoisotopic (exact) mass is 810 g/mol. The molecule has 0 spiro atoms. The molecule has 0 saturated carbocycles. The van der Waals surface area contributed by atoms with Crippen molar-refractivity contribution in [1.29, 1.82) is 0 Å². The predicted molar refractivity (Wildman–Crippen MR) is 271 cm³/mol. The van der Waals surface area contributed by atoms with Crippen LogP contribution in [0.1, 0.15) is 0 Å². The SMILES string of the molecule is c1ccc(-n2c3cc(-c4ccc5c6ccccc6n(-c6ccccc6-c6ccccc6-c6ccc7c8c(cccc68)-c6ccccc6-7)c5c4)ccc3c3ccc4ccccc4c32)cc1. The molecule has 2 aromatic heterocycles. The first kappa shape index (κ1) is 35.2. The lowest BCUT2D eigenvalue weighted by molar-refractivity contribution is 1.18. The predicted octanol–water partition coefficient (Wildman–Crippen LogP) is 16.8. The molecule has 11 aromatic carbocycles.